The molecule has 0 radical (unpaired) electrons. The first-order valence-corrected chi connectivity index (χ1v) is 10.8. The third-order valence-corrected chi connectivity index (χ3v) is 6.73. The van der Waals surface area contributed by atoms with Gasteiger partial charge in [0, 0.05) is 23.2 Å². The highest BCUT2D eigenvalue weighted by Gasteiger charge is 2.42. The number of nitrogens with one attached hydrogen (secondary N) is 2. The minimum Gasteiger partial charge on any atom is -0.369 e. The van der Waals surface area contributed by atoms with Crippen LogP contribution >= 0.6 is 0 Å². The van der Waals surface area contributed by atoms with Crippen molar-refractivity contribution in [3.63, 3.8) is 0 Å². The van der Waals surface area contributed by atoms with Crippen LogP contribution in [0.3, 0.4) is 0 Å². The Labute approximate surface area is 182 Å². The predicted molar refractivity (Wildman–Crippen MR) is 114 cm³/mol. The van der Waals surface area contributed by atoms with Gasteiger partial charge >= 0.3 is 6.18 Å². The first-order chi connectivity index (χ1) is 15.2. The molecule has 0 fully saturated rings. The number of amides is 1. The monoisotopic (exact) mass is 445 g/mol. The number of fused-ring (bicyclic) bond motifs is 4. The minimum atomic E-state index is -4.29. The second kappa shape index (κ2) is 7.62. The normalized spacial score (nSPS) is 18.4. The zero-order valence-electron chi connectivity index (χ0n) is 17.3. The summed E-state index contributed by atoms with van der Waals surface area (Å²) in [6.45, 7) is 1.46. The van der Waals surface area contributed by atoms with Gasteiger partial charge in [-0.05, 0) is 66.1 Å². The van der Waals surface area contributed by atoms with E-state index in [1.165, 1.54) is 6.07 Å². The highest BCUT2D eigenvalue weighted by Crippen LogP contribution is 2.44. The molecular weight excluding hydrogens is 422 g/mol. The van der Waals surface area contributed by atoms with Crippen molar-refractivity contribution < 1.29 is 22.4 Å². The van der Waals surface area contributed by atoms with E-state index in [4.69, 9.17) is 5.73 Å². The van der Waals surface area contributed by atoms with E-state index in [9.17, 15) is 18.0 Å². The molecule has 1 atom stereocenters. The Morgan fingerprint density at radius 2 is 2.00 bits per heavy atom. The van der Waals surface area contributed by atoms with Crippen molar-refractivity contribution in [2.45, 2.75) is 44.8 Å². The van der Waals surface area contributed by atoms with Gasteiger partial charge in [0.05, 0.1) is 17.9 Å². The smallest absolute Gasteiger partial charge is 0.369 e. The maximum atomic E-state index is 15.6. The number of H-pyrrole nitrogens is 1. The quantitative estimate of drug-likeness (QED) is 0.526. The zero-order valence-corrected chi connectivity index (χ0v) is 17.3. The average Bonchev–Trinajstić information content (AvgIpc) is 3.12. The van der Waals surface area contributed by atoms with Gasteiger partial charge in [0.25, 0.3) is 0 Å². The summed E-state index contributed by atoms with van der Waals surface area (Å²) in [6.07, 6.45) is -3.76. The maximum Gasteiger partial charge on any atom is 0.392 e. The van der Waals surface area contributed by atoms with E-state index >= 15 is 4.39 Å². The Bertz CT molecular complexity index is 1230. The Balaban J connectivity index is 1.77. The third-order valence-electron chi connectivity index (χ3n) is 6.73. The summed E-state index contributed by atoms with van der Waals surface area (Å²) in [7, 11) is 0. The molecule has 0 saturated heterocycles. The standard InChI is InChI=1S/C24H23F4N3O/c25-18-8-13(9-20(29)32)23-22(17-5-4-14(24(26,27)28)10-19(17)31-23)21(18)16-3-1-2-12-11-30-7-6-15(12)16/h1-3,8,14,30-31H,4-7,9-11H2,(H2,29,32). The Morgan fingerprint density at radius 3 is 2.75 bits per heavy atom. The highest BCUT2D eigenvalue weighted by molar-refractivity contribution is 6.02. The molecule has 3 aromatic rings. The number of primary amides is 1. The number of carbonyl (C=O) groups is 1. The number of aromatic nitrogens is 1. The number of carbonyl (C=O) groups excluding carboxylic acids is 1. The lowest BCUT2D eigenvalue weighted by Crippen LogP contribution is -2.28. The summed E-state index contributed by atoms with van der Waals surface area (Å²) in [5, 5.41) is 3.90. The number of aromatic amines is 1. The number of aryl methyl sites for hydroxylation is 1. The van der Waals surface area contributed by atoms with Crippen LogP contribution in [0.1, 0.15) is 34.4 Å². The van der Waals surface area contributed by atoms with E-state index < -0.39 is 23.8 Å². The van der Waals surface area contributed by atoms with Crippen molar-refractivity contribution >= 4 is 16.8 Å². The summed E-state index contributed by atoms with van der Waals surface area (Å²) in [6, 6.07) is 7.05. The molecule has 2 aromatic carbocycles. The molecule has 1 aromatic heterocycles. The van der Waals surface area contributed by atoms with Crippen molar-refractivity contribution in [3.05, 3.63) is 58.0 Å². The van der Waals surface area contributed by atoms with Crippen LogP contribution in [0, 0.1) is 11.7 Å². The van der Waals surface area contributed by atoms with Crippen molar-refractivity contribution in [2.75, 3.05) is 6.54 Å². The van der Waals surface area contributed by atoms with E-state index in [2.05, 4.69) is 10.3 Å². The van der Waals surface area contributed by atoms with Crippen LogP contribution in [0.4, 0.5) is 17.6 Å². The molecule has 4 N–H and O–H groups in total. The molecule has 0 spiro atoms. The Kier molecular flexibility index (Phi) is 5.00. The van der Waals surface area contributed by atoms with E-state index in [1.807, 2.05) is 18.2 Å². The number of nitrogens with two attached hydrogens (primary N) is 1. The van der Waals surface area contributed by atoms with Gasteiger partial charge in [-0.2, -0.15) is 13.2 Å². The molecule has 1 amide bonds. The summed E-state index contributed by atoms with van der Waals surface area (Å²) in [5.74, 6) is -2.55. The molecule has 2 heterocycles. The largest absolute Gasteiger partial charge is 0.392 e. The zero-order chi connectivity index (χ0) is 22.6. The number of alkyl halides is 3. The van der Waals surface area contributed by atoms with E-state index in [0.29, 0.717) is 39.8 Å². The molecule has 1 aliphatic heterocycles. The molecule has 1 aliphatic carbocycles. The number of rotatable bonds is 3. The Hall–Kier alpha value is -2.87. The van der Waals surface area contributed by atoms with Crippen molar-refractivity contribution in [3.8, 4) is 11.1 Å². The molecule has 1 unspecified atom stereocenters. The third kappa shape index (κ3) is 3.46. The molecule has 5 rings (SSSR count). The summed E-state index contributed by atoms with van der Waals surface area (Å²) in [5.41, 5.74) is 10.7. The van der Waals surface area contributed by atoms with Gasteiger partial charge in [-0.15, -0.1) is 0 Å². The van der Waals surface area contributed by atoms with Gasteiger partial charge in [-0.3, -0.25) is 4.79 Å². The Morgan fingerprint density at radius 1 is 1.19 bits per heavy atom. The van der Waals surface area contributed by atoms with Gasteiger partial charge in [0.1, 0.15) is 5.82 Å². The first-order valence-electron chi connectivity index (χ1n) is 10.8. The van der Waals surface area contributed by atoms with Crippen LogP contribution in [0.5, 0.6) is 0 Å². The topological polar surface area (TPSA) is 70.9 Å². The lowest BCUT2D eigenvalue weighted by atomic mass is 9.83. The van der Waals surface area contributed by atoms with Crippen molar-refractivity contribution in [1.82, 2.24) is 10.3 Å². The molecule has 0 saturated carbocycles. The van der Waals surface area contributed by atoms with Crippen molar-refractivity contribution in [2.24, 2.45) is 11.7 Å². The van der Waals surface area contributed by atoms with Crippen LogP contribution in [0.2, 0.25) is 0 Å². The maximum absolute atomic E-state index is 15.6. The number of halogens is 4. The van der Waals surface area contributed by atoms with Crippen LogP contribution in [0.15, 0.2) is 24.3 Å². The fourth-order valence-electron chi connectivity index (χ4n) is 5.28. The van der Waals surface area contributed by atoms with Crippen molar-refractivity contribution in [1.29, 1.82) is 0 Å². The summed E-state index contributed by atoms with van der Waals surface area (Å²) < 4.78 is 55.8. The number of benzene rings is 2. The van der Waals surface area contributed by atoms with Crippen LogP contribution in [0.25, 0.3) is 22.0 Å². The van der Waals surface area contributed by atoms with Gasteiger partial charge in [-0.25, -0.2) is 4.39 Å². The van der Waals surface area contributed by atoms with E-state index in [1.54, 1.807) is 0 Å². The second-order valence-corrected chi connectivity index (χ2v) is 8.72. The van der Waals surface area contributed by atoms with Gasteiger partial charge in [0.15, 0.2) is 0 Å². The highest BCUT2D eigenvalue weighted by atomic mass is 19.4. The molecule has 168 valence electrons. The summed E-state index contributed by atoms with van der Waals surface area (Å²) in [4.78, 5) is 14.7. The fourth-order valence-corrected chi connectivity index (χ4v) is 5.28. The minimum absolute atomic E-state index is 0.0403. The van der Waals surface area contributed by atoms with Crippen LogP contribution < -0.4 is 11.1 Å². The van der Waals surface area contributed by atoms with Gasteiger partial charge in [0.2, 0.25) is 5.91 Å². The lowest BCUT2D eigenvalue weighted by molar-refractivity contribution is -0.177. The number of hydrogen-bond donors (Lipinski definition) is 3. The van der Waals surface area contributed by atoms with Crippen LogP contribution in [-0.4, -0.2) is 23.6 Å². The lowest BCUT2D eigenvalue weighted by Gasteiger charge is -2.25. The molecule has 0 bridgehead atoms. The van der Waals surface area contributed by atoms with E-state index in [0.717, 1.165) is 29.7 Å². The molecular formula is C24H23F4N3O. The molecule has 4 nitrogen and oxygen atoms in total. The summed E-state index contributed by atoms with van der Waals surface area (Å²) >= 11 is 0. The molecule has 8 heteroatoms. The first kappa shape index (κ1) is 21.0. The van der Waals surface area contributed by atoms with Gasteiger partial charge < -0.3 is 16.0 Å². The second-order valence-electron chi connectivity index (χ2n) is 8.72. The number of hydrogen-bond acceptors (Lipinski definition) is 2. The van der Waals surface area contributed by atoms with E-state index in [-0.39, 0.29) is 25.7 Å². The molecule has 2 aliphatic rings. The SMILES string of the molecule is NC(=O)Cc1cc(F)c(-c2cccc3c2CCNC3)c2c3c([nH]c12)CC(C(F)(F)F)CC3. The van der Waals surface area contributed by atoms with Crippen LogP contribution in [-0.2, 0) is 37.0 Å². The van der Waals surface area contributed by atoms with Gasteiger partial charge in [-0.1, -0.05) is 18.2 Å². The predicted octanol–water partition coefficient (Wildman–Crippen LogP) is 4.31. The molecule has 32 heavy (non-hydrogen) atoms. The fraction of sp³-hybridized carbons (Fsp3) is 0.375. The average molecular weight is 445 g/mol.